The molecule has 0 amide bonds. The predicted molar refractivity (Wildman–Crippen MR) is 64.5 cm³/mol. The smallest absolute Gasteiger partial charge is 0.212 e. The Morgan fingerprint density at radius 3 is 2.72 bits per heavy atom. The zero-order chi connectivity index (χ0) is 13.0. The molecule has 18 heavy (non-hydrogen) atoms. The molecule has 3 nitrogen and oxygen atoms in total. The first-order valence-corrected chi connectivity index (χ1v) is 5.37. The number of methoxy groups -OCH3 is 1. The van der Waals surface area contributed by atoms with E-state index >= 15 is 0 Å². The van der Waals surface area contributed by atoms with Crippen LogP contribution in [0.25, 0.3) is 0 Å². The van der Waals surface area contributed by atoms with Crippen LogP contribution in [-0.2, 0) is 6.54 Å². The van der Waals surface area contributed by atoms with Gasteiger partial charge < -0.3 is 10.1 Å². The van der Waals surface area contributed by atoms with Crippen LogP contribution in [0.3, 0.4) is 0 Å². The van der Waals surface area contributed by atoms with Crippen molar-refractivity contribution in [3.8, 4) is 5.88 Å². The largest absolute Gasteiger partial charge is 0.481 e. The van der Waals surface area contributed by atoms with Gasteiger partial charge in [-0.1, -0.05) is 12.1 Å². The van der Waals surface area contributed by atoms with E-state index in [0.717, 1.165) is 11.6 Å². The lowest BCUT2D eigenvalue weighted by molar-refractivity contribution is 0.397. The Balaban J connectivity index is 2.04. The van der Waals surface area contributed by atoms with Crippen molar-refractivity contribution < 1.29 is 13.5 Å². The molecule has 0 saturated heterocycles. The molecular formula is C13H12F2N2O. The SMILES string of the molecule is COc1ccc(CNc2cccc(F)c2F)cn1. The van der Waals surface area contributed by atoms with E-state index in [1.807, 2.05) is 0 Å². The molecule has 2 aromatic rings. The van der Waals surface area contributed by atoms with Crippen molar-refractivity contribution in [2.45, 2.75) is 6.54 Å². The molecular weight excluding hydrogens is 238 g/mol. The summed E-state index contributed by atoms with van der Waals surface area (Å²) in [6.07, 6.45) is 1.61. The Labute approximate surface area is 103 Å². The minimum Gasteiger partial charge on any atom is -0.481 e. The average molecular weight is 250 g/mol. The molecule has 0 aliphatic carbocycles. The first-order chi connectivity index (χ1) is 8.70. The number of anilines is 1. The number of hydrogen-bond acceptors (Lipinski definition) is 3. The Kier molecular flexibility index (Phi) is 3.72. The number of nitrogens with zero attached hydrogens (tertiary/aromatic N) is 1. The lowest BCUT2D eigenvalue weighted by atomic mass is 10.2. The molecule has 2 rings (SSSR count). The van der Waals surface area contributed by atoms with Gasteiger partial charge in [0.2, 0.25) is 5.88 Å². The maximum absolute atomic E-state index is 13.3. The zero-order valence-corrected chi connectivity index (χ0v) is 9.78. The number of benzene rings is 1. The number of ether oxygens (including phenoxy) is 1. The van der Waals surface area contributed by atoms with E-state index in [-0.39, 0.29) is 5.69 Å². The fourth-order valence-corrected chi connectivity index (χ4v) is 1.47. The molecule has 0 radical (unpaired) electrons. The van der Waals surface area contributed by atoms with E-state index in [4.69, 9.17) is 4.74 Å². The Morgan fingerprint density at radius 2 is 2.06 bits per heavy atom. The van der Waals surface area contributed by atoms with Crippen LogP contribution in [0.4, 0.5) is 14.5 Å². The van der Waals surface area contributed by atoms with Crippen LogP contribution in [0, 0.1) is 11.6 Å². The zero-order valence-electron chi connectivity index (χ0n) is 9.78. The number of nitrogens with one attached hydrogen (secondary N) is 1. The Morgan fingerprint density at radius 1 is 1.22 bits per heavy atom. The van der Waals surface area contributed by atoms with Crippen LogP contribution in [0.1, 0.15) is 5.56 Å². The third kappa shape index (κ3) is 2.74. The summed E-state index contributed by atoms with van der Waals surface area (Å²) in [5.74, 6) is -1.23. The summed E-state index contributed by atoms with van der Waals surface area (Å²) in [6.45, 7) is 0.358. The predicted octanol–water partition coefficient (Wildman–Crippen LogP) is 2.98. The third-order valence-electron chi connectivity index (χ3n) is 2.44. The topological polar surface area (TPSA) is 34.1 Å². The van der Waals surface area contributed by atoms with E-state index in [2.05, 4.69) is 10.3 Å². The quantitative estimate of drug-likeness (QED) is 0.905. The average Bonchev–Trinajstić information content (AvgIpc) is 2.41. The van der Waals surface area contributed by atoms with Crippen LogP contribution in [0.15, 0.2) is 36.5 Å². The number of halogens is 2. The fraction of sp³-hybridized carbons (Fsp3) is 0.154. The molecule has 1 aromatic heterocycles. The number of aromatic nitrogens is 1. The monoisotopic (exact) mass is 250 g/mol. The van der Waals surface area contributed by atoms with Crippen molar-refractivity contribution in [1.82, 2.24) is 4.98 Å². The highest BCUT2D eigenvalue weighted by molar-refractivity contribution is 5.45. The van der Waals surface area contributed by atoms with Gasteiger partial charge in [0.25, 0.3) is 0 Å². The molecule has 0 spiro atoms. The molecule has 0 unspecified atom stereocenters. The maximum Gasteiger partial charge on any atom is 0.212 e. The first-order valence-electron chi connectivity index (χ1n) is 5.37. The Bertz CT molecular complexity index is 529. The molecule has 1 N–H and O–H groups in total. The normalized spacial score (nSPS) is 10.2. The van der Waals surface area contributed by atoms with Gasteiger partial charge in [-0.25, -0.2) is 13.8 Å². The van der Waals surface area contributed by atoms with Gasteiger partial charge in [0.1, 0.15) is 0 Å². The molecule has 5 heteroatoms. The molecule has 0 aliphatic heterocycles. The second-order valence-corrected chi connectivity index (χ2v) is 3.66. The van der Waals surface area contributed by atoms with Gasteiger partial charge in [-0.3, -0.25) is 0 Å². The van der Waals surface area contributed by atoms with Gasteiger partial charge >= 0.3 is 0 Å². The second-order valence-electron chi connectivity index (χ2n) is 3.66. The first kappa shape index (κ1) is 12.3. The van der Waals surface area contributed by atoms with Gasteiger partial charge in [0, 0.05) is 18.8 Å². The highest BCUT2D eigenvalue weighted by Crippen LogP contribution is 2.17. The molecule has 0 bridgehead atoms. The summed E-state index contributed by atoms with van der Waals surface area (Å²) in [5.41, 5.74) is 0.977. The van der Waals surface area contributed by atoms with Gasteiger partial charge in [-0.2, -0.15) is 0 Å². The van der Waals surface area contributed by atoms with E-state index < -0.39 is 11.6 Å². The lowest BCUT2D eigenvalue weighted by Gasteiger charge is -2.08. The highest BCUT2D eigenvalue weighted by atomic mass is 19.2. The number of rotatable bonds is 4. The van der Waals surface area contributed by atoms with Crippen LogP contribution >= 0.6 is 0 Å². The van der Waals surface area contributed by atoms with Crippen molar-refractivity contribution >= 4 is 5.69 Å². The fourth-order valence-electron chi connectivity index (χ4n) is 1.47. The van der Waals surface area contributed by atoms with Crippen molar-refractivity contribution in [2.75, 3.05) is 12.4 Å². The van der Waals surface area contributed by atoms with Crippen LogP contribution in [0.2, 0.25) is 0 Å². The minimum absolute atomic E-state index is 0.130. The summed E-state index contributed by atoms with van der Waals surface area (Å²) in [6, 6.07) is 7.52. The molecule has 1 aromatic carbocycles. The summed E-state index contributed by atoms with van der Waals surface area (Å²) in [7, 11) is 1.53. The van der Waals surface area contributed by atoms with Crippen LogP contribution in [-0.4, -0.2) is 12.1 Å². The third-order valence-corrected chi connectivity index (χ3v) is 2.44. The second kappa shape index (κ2) is 5.44. The van der Waals surface area contributed by atoms with Crippen LogP contribution < -0.4 is 10.1 Å². The van der Waals surface area contributed by atoms with Crippen LogP contribution in [0.5, 0.6) is 5.88 Å². The van der Waals surface area contributed by atoms with Gasteiger partial charge in [-0.15, -0.1) is 0 Å². The van der Waals surface area contributed by atoms with E-state index in [1.54, 1.807) is 18.3 Å². The van der Waals surface area contributed by atoms with Crippen molar-refractivity contribution in [1.29, 1.82) is 0 Å². The number of pyridine rings is 1. The standard InChI is InChI=1S/C13H12F2N2O/c1-18-12-6-5-9(8-17-12)7-16-11-4-2-3-10(14)13(11)15/h2-6,8,16H,7H2,1H3. The van der Waals surface area contributed by atoms with E-state index in [1.165, 1.54) is 19.2 Å². The molecule has 0 atom stereocenters. The summed E-state index contributed by atoms with van der Waals surface area (Å²) in [5, 5.41) is 2.81. The molecule has 94 valence electrons. The molecule has 0 saturated carbocycles. The van der Waals surface area contributed by atoms with E-state index in [0.29, 0.717) is 12.4 Å². The van der Waals surface area contributed by atoms with Gasteiger partial charge in [0.05, 0.1) is 12.8 Å². The molecule has 0 aliphatic rings. The summed E-state index contributed by atoms with van der Waals surface area (Å²) < 4.78 is 31.2. The summed E-state index contributed by atoms with van der Waals surface area (Å²) >= 11 is 0. The lowest BCUT2D eigenvalue weighted by Crippen LogP contribution is -2.03. The van der Waals surface area contributed by atoms with Crippen molar-refractivity contribution in [3.63, 3.8) is 0 Å². The highest BCUT2D eigenvalue weighted by Gasteiger charge is 2.06. The van der Waals surface area contributed by atoms with E-state index in [9.17, 15) is 8.78 Å². The van der Waals surface area contributed by atoms with Crippen molar-refractivity contribution in [2.24, 2.45) is 0 Å². The van der Waals surface area contributed by atoms with Gasteiger partial charge in [-0.05, 0) is 17.7 Å². The number of hydrogen-bond donors (Lipinski definition) is 1. The minimum atomic E-state index is -0.876. The Hall–Kier alpha value is -2.17. The maximum atomic E-state index is 13.3. The van der Waals surface area contributed by atoms with Gasteiger partial charge in [0.15, 0.2) is 11.6 Å². The van der Waals surface area contributed by atoms with Crippen molar-refractivity contribution in [3.05, 3.63) is 53.7 Å². The molecule has 1 heterocycles. The molecule has 0 fully saturated rings. The summed E-state index contributed by atoms with van der Waals surface area (Å²) in [4.78, 5) is 4.02.